The predicted octanol–water partition coefficient (Wildman–Crippen LogP) is 2.80. The van der Waals surface area contributed by atoms with Crippen LogP contribution in [-0.2, 0) is 13.0 Å². The van der Waals surface area contributed by atoms with Gasteiger partial charge in [-0.2, -0.15) is 0 Å². The van der Waals surface area contributed by atoms with Crippen molar-refractivity contribution in [2.24, 2.45) is 0 Å². The standard InChI is InChI=1S/C18H23FN2O/c1-13-8-15(10-16(19)9-13)4-7-18(22)12-21-11-14-2-5-17(20)6-3-14/h2-3,5-6,8-10,18,21-22H,4,7,11-12,20H2,1H3. The lowest BCUT2D eigenvalue weighted by Crippen LogP contribution is -2.26. The highest BCUT2D eigenvalue weighted by molar-refractivity contribution is 5.39. The third-order valence-electron chi connectivity index (χ3n) is 3.56. The second kappa shape index (κ2) is 7.92. The van der Waals surface area contributed by atoms with E-state index in [-0.39, 0.29) is 5.82 Å². The van der Waals surface area contributed by atoms with Gasteiger partial charge in [-0.3, -0.25) is 0 Å². The monoisotopic (exact) mass is 302 g/mol. The molecule has 2 rings (SSSR count). The van der Waals surface area contributed by atoms with Crippen LogP contribution in [0.2, 0.25) is 0 Å². The summed E-state index contributed by atoms with van der Waals surface area (Å²) < 4.78 is 13.3. The Hall–Kier alpha value is -1.91. The zero-order valence-electron chi connectivity index (χ0n) is 12.8. The summed E-state index contributed by atoms with van der Waals surface area (Å²) in [5.74, 6) is -0.217. The van der Waals surface area contributed by atoms with Crippen molar-refractivity contribution < 1.29 is 9.50 Å². The van der Waals surface area contributed by atoms with E-state index in [1.54, 1.807) is 0 Å². The zero-order chi connectivity index (χ0) is 15.9. The molecule has 0 saturated heterocycles. The Morgan fingerprint density at radius 2 is 1.86 bits per heavy atom. The first-order valence-electron chi connectivity index (χ1n) is 7.52. The molecule has 1 unspecified atom stereocenters. The minimum absolute atomic E-state index is 0.217. The smallest absolute Gasteiger partial charge is 0.123 e. The molecule has 0 amide bonds. The number of nitrogens with one attached hydrogen (secondary N) is 1. The number of benzene rings is 2. The third-order valence-corrected chi connectivity index (χ3v) is 3.56. The van der Waals surface area contributed by atoms with Crippen LogP contribution in [0.25, 0.3) is 0 Å². The van der Waals surface area contributed by atoms with E-state index in [1.807, 2.05) is 37.3 Å². The second-order valence-electron chi connectivity index (χ2n) is 5.70. The molecule has 2 aromatic carbocycles. The molecule has 0 saturated carbocycles. The van der Waals surface area contributed by atoms with E-state index in [9.17, 15) is 9.50 Å². The topological polar surface area (TPSA) is 58.3 Å². The summed E-state index contributed by atoms with van der Waals surface area (Å²) in [5, 5.41) is 13.2. The molecule has 4 N–H and O–H groups in total. The van der Waals surface area contributed by atoms with Crippen LogP contribution >= 0.6 is 0 Å². The van der Waals surface area contributed by atoms with Gasteiger partial charge < -0.3 is 16.2 Å². The van der Waals surface area contributed by atoms with Crippen molar-refractivity contribution in [3.05, 3.63) is 65.0 Å². The Bertz CT molecular complexity index is 578. The quantitative estimate of drug-likeness (QED) is 0.689. The van der Waals surface area contributed by atoms with E-state index in [0.29, 0.717) is 25.9 Å². The highest BCUT2D eigenvalue weighted by Gasteiger charge is 2.06. The van der Waals surface area contributed by atoms with Crippen LogP contribution in [0.15, 0.2) is 42.5 Å². The Morgan fingerprint density at radius 1 is 1.14 bits per heavy atom. The van der Waals surface area contributed by atoms with E-state index < -0.39 is 6.10 Å². The number of hydrogen-bond donors (Lipinski definition) is 3. The molecule has 0 heterocycles. The molecular weight excluding hydrogens is 279 g/mol. The summed E-state index contributed by atoms with van der Waals surface area (Å²) in [6.45, 7) is 3.08. The third kappa shape index (κ3) is 5.47. The fraction of sp³-hybridized carbons (Fsp3) is 0.333. The van der Waals surface area contributed by atoms with Crippen LogP contribution in [-0.4, -0.2) is 17.8 Å². The fourth-order valence-corrected chi connectivity index (χ4v) is 2.41. The molecule has 0 bridgehead atoms. The van der Waals surface area contributed by atoms with Gasteiger partial charge in [-0.15, -0.1) is 0 Å². The first kappa shape index (κ1) is 16.5. The Labute approximate surface area is 131 Å². The molecule has 0 aromatic heterocycles. The van der Waals surface area contributed by atoms with Gasteiger partial charge in [0.15, 0.2) is 0 Å². The van der Waals surface area contributed by atoms with Gasteiger partial charge in [-0.25, -0.2) is 4.39 Å². The van der Waals surface area contributed by atoms with Gasteiger partial charge in [0.25, 0.3) is 0 Å². The maximum atomic E-state index is 13.3. The number of nitrogens with two attached hydrogens (primary N) is 1. The Balaban J connectivity index is 1.71. The van der Waals surface area contributed by atoms with Gasteiger partial charge >= 0.3 is 0 Å². The molecule has 0 spiro atoms. The molecular formula is C18H23FN2O. The first-order valence-corrected chi connectivity index (χ1v) is 7.52. The summed E-state index contributed by atoms with van der Waals surface area (Å²) in [6.07, 6.45) is 0.832. The van der Waals surface area contributed by atoms with Gasteiger partial charge in [0, 0.05) is 18.8 Å². The van der Waals surface area contributed by atoms with Gasteiger partial charge in [0.2, 0.25) is 0 Å². The van der Waals surface area contributed by atoms with E-state index in [0.717, 1.165) is 22.4 Å². The van der Waals surface area contributed by atoms with Crippen LogP contribution < -0.4 is 11.1 Å². The van der Waals surface area contributed by atoms with Crippen LogP contribution in [0, 0.1) is 12.7 Å². The highest BCUT2D eigenvalue weighted by Crippen LogP contribution is 2.11. The van der Waals surface area contributed by atoms with Crippen LogP contribution in [0.1, 0.15) is 23.1 Å². The molecule has 0 radical (unpaired) electrons. The summed E-state index contributed by atoms with van der Waals surface area (Å²) in [4.78, 5) is 0. The van der Waals surface area contributed by atoms with Crippen LogP contribution in [0.4, 0.5) is 10.1 Å². The van der Waals surface area contributed by atoms with Crippen molar-refractivity contribution in [1.29, 1.82) is 0 Å². The largest absolute Gasteiger partial charge is 0.399 e. The molecule has 1 atom stereocenters. The van der Waals surface area contributed by atoms with Gasteiger partial charge in [0.05, 0.1) is 6.10 Å². The van der Waals surface area contributed by atoms with Crippen molar-refractivity contribution in [3.63, 3.8) is 0 Å². The Kier molecular flexibility index (Phi) is 5.92. The molecule has 0 aliphatic heterocycles. The molecule has 22 heavy (non-hydrogen) atoms. The number of aliphatic hydroxyl groups is 1. The minimum Gasteiger partial charge on any atom is -0.399 e. The maximum Gasteiger partial charge on any atom is 0.123 e. The van der Waals surface area contributed by atoms with Crippen LogP contribution in [0.3, 0.4) is 0 Å². The summed E-state index contributed by atoms with van der Waals surface area (Å²) in [5.41, 5.74) is 9.34. The molecule has 4 heteroatoms. The zero-order valence-corrected chi connectivity index (χ0v) is 12.8. The second-order valence-corrected chi connectivity index (χ2v) is 5.70. The van der Waals surface area contributed by atoms with Crippen molar-refractivity contribution in [1.82, 2.24) is 5.32 Å². The average molecular weight is 302 g/mol. The fourth-order valence-electron chi connectivity index (χ4n) is 2.41. The predicted molar refractivity (Wildman–Crippen MR) is 88.0 cm³/mol. The lowest BCUT2D eigenvalue weighted by Gasteiger charge is -2.12. The van der Waals surface area contributed by atoms with Crippen molar-refractivity contribution in [3.8, 4) is 0 Å². The van der Waals surface area contributed by atoms with Crippen molar-refractivity contribution >= 4 is 5.69 Å². The number of halogens is 1. The lowest BCUT2D eigenvalue weighted by atomic mass is 10.0. The molecule has 0 fully saturated rings. The van der Waals surface area contributed by atoms with Gasteiger partial charge in [-0.1, -0.05) is 18.2 Å². The number of rotatable bonds is 7. The number of hydrogen-bond acceptors (Lipinski definition) is 3. The number of anilines is 1. The van der Waals surface area contributed by atoms with E-state index in [4.69, 9.17) is 5.73 Å². The van der Waals surface area contributed by atoms with E-state index >= 15 is 0 Å². The number of nitrogen functional groups attached to an aromatic ring is 1. The number of aryl methyl sites for hydroxylation is 2. The van der Waals surface area contributed by atoms with Crippen molar-refractivity contribution in [2.45, 2.75) is 32.4 Å². The van der Waals surface area contributed by atoms with E-state index in [1.165, 1.54) is 12.1 Å². The summed E-state index contributed by atoms with van der Waals surface area (Å²) in [6, 6.07) is 12.6. The number of aliphatic hydroxyl groups excluding tert-OH is 1. The lowest BCUT2D eigenvalue weighted by molar-refractivity contribution is 0.161. The summed E-state index contributed by atoms with van der Waals surface area (Å²) >= 11 is 0. The van der Waals surface area contributed by atoms with Gasteiger partial charge in [0.1, 0.15) is 5.82 Å². The van der Waals surface area contributed by atoms with Crippen molar-refractivity contribution in [2.75, 3.05) is 12.3 Å². The van der Waals surface area contributed by atoms with Crippen LogP contribution in [0.5, 0.6) is 0 Å². The van der Waals surface area contributed by atoms with Gasteiger partial charge in [-0.05, 0) is 60.7 Å². The minimum atomic E-state index is -0.447. The normalized spacial score (nSPS) is 12.3. The maximum absolute atomic E-state index is 13.3. The average Bonchev–Trinajstić information content (AvgIpc) is 2.46. The highest BCUT2D eigenvalue weighted by atomic mass is 19.1. The Morgan fingerprint density at radius 3 is 2.55 bits per heavy atom. The molecule has 118 valence electrons. The van der Waals surface area contributed by atoms with E-state index in [2.05, 4.69) is 5.32 Å². The molecule has 2 aromatic rings. The SMILES string of the molecule is Cc1cc(F)cc(CCC(O)CNCc2ccc(N)cc2)c1. The first-order chi connectivity index (χ1) is 10.5. The molecule has 0 aliphatic carbocycles. The molecule has 3 nitrogen and oxygen atoms in total. The molecule has 0 aliphatic rings. The summed E-state index contributed by atoms with van der Waals surface area (Å²) in [7, 11) is 0.